The Morgan fingerprint density at radius 3 is 2.69 bits per heavy atom. The number of nitrogens with zero attached hydrogens (tertiary/aromatic N) is 5. The van der Waals surface area contributed by atoms with E-state index in [0.717, 1.165) is 30.5 Å². The molecule has 2 aromatic heterocycles. The number of aromatic nitrogens is 3. The van der Waals surface area contributed by atoms with Gasteiger partial charge >= 0.3 is 7.60 Å². The van der Waals surface area contributed by atoms with Gasteiger partial charge in [-0.05, 0) is 44.4 Å². The van der Waals surface area contributed by atoms with Crippen LogP contribution in [-0.4, -0.2) is 77.4 Å². The highest BCUT2D eigenvalue weighted by Gasteiger charge is 2.35. The maximum absolute atomic E-state index is 13.8. The summed E-state index contributed by atoms with van der Waals surface area (Å²) in [5.74, 6) is 0.406. The Morgan fingerprint density at radius 2 is 2.00 bits per heavy atom. The van der Waals surface area contributed by atoms with Crippen LogP contribution in [0.25, 0.3) is 5.65 Å². The highest BCUT2D eigenvalue weighted by molar-refractivity contribution is 7.92. The van der Waals surface area contributed by atoms with Crippen LogP contribution in [-0.2, 0) is 19.1 Å². The van der Waals surface area contributed by atoms with E-state index < -0.39 is 17.6 Å². The van der Waals surface area contributed by atoms with E-state index in [1.165, 1.54) is 24.9 Å². The summed E-state index contributed by atoms with van der Waals surface area (Å²) in [5.41, 5.74) is 2.52. The first-order valence-corrected chi connectivity index (χ1v) is 16.8. The van der Waals surface area contributed by atoms with Crippen LogP contribution in [0, 0.1) is 6.92 Å². The van der Waals surface area contributed by atoms with E-state index in [1.54, 1.807) is 9.42 Å². The Labute approximate surface area is 231 Å². The number of hydrogen-bond donors (Lipinski definition) is 2. The summed E-state index contributed by atoms with van der Waals surface area (Å²) < 4.78 is 44.6. The molecular weight excluding hydrogens is 567 g/mol. The zero-order chi connectivity index (χ0) is 28.1. The Hall–Kier alpha value is -2.70. The molecule has 0 aliphatic carbocycles. The molecule has 210 valence electrons. The minimum absolute atomic E-state index is 0.172. The molecule has 0 radical (unpaired) electrons. The summed E-state index contributed by atoms with van der Waals surface area (Å²) >= 11 is 6.18. The lowest BCUT2D eigenvalue weighted by molar-refractivity contribution is 0.0606. The summed E-state index contributed by atoms with van der Waals surface area (Å²) in [6.07, 6.45) is 4.97. The van der Waals surface area contributed by atoms with Crippen molar-refractivity contribution in [3.8, 4) is 0 Å². The van der Waals surface area contributed by atoms with Crippen molar-refractivity contribution >= 4 is 52.3 Å². The van der Waals surface area contributed by atoms with Crippen LogP contribution in [0.5, 0.6) is 0 Å². The number of hydrogen-bond acceptors (Lipinski definition) is 8. The van der Waals surface area contributed by atoms with Crippen molar-refractivity contribution in [1.82, 2.24) is 19.5 Å². The third-order valence-corrected chi connectivity index (χ3v) is 8.24. The highest BCUT2D eigenvalue weighted by Crippen LogP contribution is 2.41. The van der Waals surface area contributed by atoms with Gasteiger partial charge in [-0.2, -0.15) is 5.10 Å². The van der Waals surface area contributed by atoms with Gasteiger partial charge in [0.05, 0.1) is 29.2 Å². The molecule has 5 rings (SSSR count). The zero-order valence-electron chi connectivity index (χ0n) is 21.7. The molecule has 2 saturated heterocycles. The fourth-order valence-electron chi connectivity index (χ4n) is 5.08. The first-order valence-electron chi connectivity index (χ1n) is 12.5. The molecule has 15 heteroatoms. The van der Waals surface area contributed by atoms with Crippen molar-refractivity contribution in [3.63, 3.8) is 0 Å². The van der Waals surface area contributed by atoms with Crippen molar-refractivity contribution in [2.75, 3.05) is 42.2 Å². The van der Waals surface area contributed by atoms with Crippen LogP contribution in [0.2, 0.25) is 5.02 Å². The SMILES string of the molecule is Cc1cn2nc([C@@H]3CCCCN3C(=O)c3cc(Cl)ccc3NS(C)(=O)=O)cc2nc1N1CC(OP(C)(=O)O)C1. The number of carbonyl (C=O) groups excluding carboxylic acids is 1. The number of amides is 1. The van der Waals surface area contributed by atoms with E-state index in [0.29, 0.717) is 42.4 Å². The topological polar surface area (TPSA) is 146 Å². The van der Waals surface area contributed by atoms with Crippen molar-refractivity contribution < 1.29 is 27.2 Å². The Kier molecular flexibility index (Phi) is 7.40. The van der Waals surface area contributed by atoms with Crippen molar-refractivity contribution in [2.24, 2.45) is 0 Å². The van der Waals surface area contributed by atoms with E-state index in [2.05, 4.69) is 4.72 Å². The molecule has 0 saturated carbocycles. The van der Waals surface area contributed by atoms with E-state index in [9.17, 15) is 22.7 Å². The minimum atomic E-state index is -3.61. The molecule has 4 heterocycles. The second-order valence-electron chi connectivity index (χ2n) is 10.1. The van der Waals surface area contributed by atoms with E-state index >= 15 is 0 Å². The van der Waals surface area contributed by atoms with Crippen molar-refractivity contribution in [2.45, 2.75) is 38.3 Å². The lowest BCUT2D eigenvalue weighted by atomic mass is 9.98. The second kappa shape index (κ2) is 10.4. The zero-order valence-corrected chi connectivity index (χ0v) is 24.2. The molecule has 2 atom stereocenters. The lowest BCUT2D eigenvalue weighted by Gasteiger charge is -2.40. The number of sulfonamides is 1. The number of halogens is 1. The predicted octanol–water partition coefficient (Wildman–Crippen LogP) is 3.45. The van der Waals surface area contributed by atoms with Crippen molar-refractivity contribution in [1.29, 1.82) is 0 Å². The molecule has 2 N–H and O–H groups in total. The number of aryl methyl sites for hydroxylation is 1. The summed E-state index contributed by atoms with van der Waals surface area (Å²) in [6.45, 7) is 4.49. The molecule has 1 aromatic carbocycles. The second-order valence-corrected chi connectivity index (χ2v) is 14.1. The standard InChI is InChI=1S/C24H30ClN6O6PS/c1-15-12-31-22(26-23(15)29-13-17(14-29)37-38(2,33)34)11-20(27-31)21-6-4-5-9-30(21)24(32)18-10-16(25)7-8-19(18)28-39(3,35)36/h7-8,10-12,17,21,28H,4-6,9,13-14H2,1-3H3,(H,33,34)/t21-/m0/s1. The first-order chi connectivity index (χ1) is 18.3. The number of piperidine rings is 1. The number of fused-ring (bicyclic) bond motifs is 1. The molecule has 12 nitrogen and oxygen atoms in total. The number of likely N-dealkylation sites (tertiary alicyclic amines) is 1. The lowest BCUT2D eigenvalue weighted by Crippen LogP contribution is -2.52. The van der Waals surface area contributed by atoms with Crippen LogP contribution in [0.15, 0.2) is 30.5 Å². The van der Waals surface area contributed by atoms with Crippen LogP contribution < -0.4 is 9.62 Å². The van der Waals surface area contributed by atoms with Crippen LogP contribution in [0.4, 0.5) is 11.5 Å². The first kappa shape index (κ1) is 27.9. The number of carbonyl (C=O) groups is 1. The number of rotatable bonds is 7. The monoisotopic (exact) mass is 596 g/mol. The van der Waals surface area contributed by atoms with Gasteiger partial charge in [-0.15, -0.1) is 0 Å². The maximum atomic E-state index is 13.8. The molecule has 3 aromatic rings. The van der Waals surface area contributed by atoms with Gasteiger partial charge in [-0.25, -0.2) is 17.9 Å². The number of benzene rings is 1. The normalized spacial score (nSPS) is 20.1. The third-order valence-electron chi connectivity index (χ3n) is 6.73. The van der Waals surface area contributed by atoms with Gasteiger partial charge in [-0.3, -0.25) is 14.1 Å². The quantitative estimate of drug-likeness (QED) is 0.391. The highest BCUT2D eigenvalue weighted by atomic mass is 35.5. The largest absolute Gasteiger partial charge is 0.351 e. The van der Waals surface area contributed by atoms with Crippen LogP contribution in [0.3, 0.4) is 0 Å². The van der Waals surface area contributed by atoms with Gasteiger partial charge in [0.15, 0.2) is 5.65 Å². The minimum Gasteiger partial charge on any atom is -0.351 e. The molecule has 1 amide bonds. The van der Waals surface area contributed by atoms with Crippen LogP contribution in [0.1, 0.15) is 46.9 Å². The average molecular weight is 597 g/mol. The van der Waals surface area contributed by atoms with Crippen molar-refractivity contribution in [3.05, 3.63) is 52.3 Å². The predicted molar refractivity (Wildman–Crippen MR) is 148 cm³/mol. The molecule has 39 heavy (non-hydrogen) atoms. The Balaban J connectivity index is 1.42. The third kappa shape index (κ3) is 6.22. The summed E-state index contributed by atoms with van der Waals surface area (Å²) in [7, 11) is -7.17. The van der Waals surface area contributed by atoms with Gasteiger partial charge in [0, 0.05) is 49.1 Å². The summed E-state index contributed by atoms with van der Waals surface area (Å²) in [5, 5.41) is 5.06. The summed E-state index contributed by atoms with van der Waals surface area (Å²) in [4.78, 5) is 31.7. The van der Waals surface area contributed by atoms with Gasteiger partial charge < -0.3 is 19.2 Å². The van der Waals surface area contributed by atoms with Gasteiger partial charge in [-0.1, -0.05) is 11.6 Å². The van der Waals surface area contributed by atoms with Gasteiger partial charge in [0.2, 0.25) is 10.0 Å². The molecule has 2 aliphatic heterocycles. The molecule has 1 unspecified atom stereocenters. The average Bonchev–Trinajstić information content (AvgIpc) is 3.22. The molecular formula is C24H30ClN6O6PS. The molecule has 2 fully saturated rings. The molecule has 0 bridgehead atoms. The van der Waals surface area contributed by atoms with Gasteiger partial charge in [0.25, 0.3) is 5.91 Å². The number of anilines is 2. The molecule has 2 aliphatic rings. The van der Waals surface area contributed by atoms with E-state index in [-0.39, 0.29) is 29.3 Å². The van der Waals surface area contributed by atoms with E-state index in [4.69, 9.17) is 26.2 Å². The molecule has 0 spiro atoms. The van der Waals surface area contributed by atoms with Crippen LogP contribution >= 0.6 is 19.2 Å². The van der Waals surface area contributed by atoms with Gasteiger partial charge in [0.1, 0.15) is 11.9 Å². The fraction of sp³-hybridized carbons (Fsp3) is 0.458. The maximum Gasteiger partial charge on any atom is 0.325 e. The van der Waals surface area contributed by atoms with E-state index in [1.807, 2.05) is 24.1 Å². The Morgan fingerprint density at radius 1 is 1.26 bits per heavy atom. The Bertz CT molecular complexity index is 1590. The smallest absolute Gasteiger partial charge is 0.325 e. The fourth-order valence-corrected chi connectivity index (χ4v) is 6.51. The number of nitrogens with one attached hydrogen (secondary N) is 1. The summed E-state index contributed by atoms with van der Waals surface area (Å²) in [6, 6.07) is 6.02.